The maximum absolute atomic E-state index is 12.3. The van der Waals surface area contributed by atoms with E-state index in [2.05, 4.69) is 27.9 Å². The Bertz CT molecular complexity index is 934. The normalized spacial score (nSPS) is 19.4. The van der Waals surface area contributed by atoms with Crippen LogP contribution in [0.5, 0.6) is 5.75 Å². The van der Waals surface area contributed by atoms with Gasteiger partial charge in [0.2, 0.25) is 0 Å². The summed E-state index contributed by atoms with van der Waals surface area (Å²) < 4.78 is 5.55. The summed E-state index contributed by atoms with van der Waals surface area (Å²) >= 11 is 0. The number of amides is 1. The SMILES string of the molecule is COc1ccccc1[C@@H]1[NH2+][C@H](C(=O)NN)Cc2c1[nH]c1ccccc21. The predicted octanol–water partition coefficient (Wildman–Crippen LogP) is 0.744. The van der Waals surface area contributed by atoms with Crippen molar-refractivity contribution in [2.45, 2.75) is 18.5 Å². The number of carbonyl (C=O) groups excluding carboxylic acids is 1. The van der Waals surface area contributed by atoms with Gasteiger partial charge >= 0.3 is 0 Å². The summed E-state index contributed by atoms with van der Waals surface area (Å²) in [7, 11) is 1.66. The largest absolute Gasteiger partial charge is 0.496 e. The van der Waals surface area contributed by atoms with Crippen molar-refractivity contribution >= 4 is 16.8 Å². The molecule has 0 unspecified atom stereocenters. The van der Waals surface area contributed by atoms with Crippen molar-refractivity contribution in [3.05, 3.63) is 65.4 Å². The highest BCUT2D eigenvalue weighted by molar-refractivity contribution is 5.87. The fourth-order valence-corrected chi connectivity index (χ4v) is 3.79. The van der Waals surface area contributed by atoms with Gasteiger partial charge in [0.15, 0.2) is 12.1 Å². The van der Waals surface area contributed by atoms with E-state index in [0.717, 1.165) is 27.9 Å². The summed E-state index contributed by atoms with van der Waals surface area (Å²) in [5, 5.41) is 3.21. The highest BCUT2D eigenvalue weighted by atomic mass is 16.5. The highest BCUT2D eigenvalue weighted by Crippen LogP contribution is 2.34. The first-order chi connectivity index (χ1) is 12.2. The average molecular weight is 337 g/mol. The second-order valence-electron chi connectivity index (χ2n) is 6.29. The lowest BCUT2D eigenvalue weighted by Gasteiger charge is -2.28. The molecule has 0 aliphatic carbocycles. The standard InChI is InChI=1S/C19H20N4O2/c1-25-16-9-5-3-7-12(16)17-18-13(10-15(22-17)19(24)23-20)11-6-2-4-8-14(11)21-18/h2-9,15,17,21-22H,10,20H2,1H3,(H,23,24)/p+1/t15-,17-/m0/s1. The number of ether oxygens (including phenoxy) is 1. The fourth-order valence-electron chi connectivity index (χ4n) is 3.79. The third kappa shape index (κ3) is 2.56. The van der Waals surface area contributed by atoms with Crippen LogP contribution < -0.4 is 21.3 Å². The number of rotatable bonds is 3. The number of nitrogens with two attached hydrogens (primary N) is 2. The zero-order valence-electron chi connectivity index (χ0n) is 14.0. The van der Waals surface area contributed by atoms with Gasteiger partial charge in [-0.25, -0.2) is 5.84 Å². The molecule has 6 heteroatoms. The molecule has 25 heavy (non-hydrogen) atoms. The van der Waals surface area contributed by atoms with Crippen LogP contribution >= 0.6 is 0 Å². The first-order valence-corrected chi connectivity index (χ1v) is 8.30. The average Bonchev–Trinajstić information content (AvgIpc) is 3.05. The van der Waals surface area contributed by atoms with Crippen LogP contribution in [0, 0.1) is 0 Å². The molecule has 0 saturated heterocycles. The quantitative estimate of drug-likeness (QED) is 0.322. The van der Waals surface area contributed by atoms with Crippen molar-refractivity contribution in [2.75, 3.05) is 7.11 Å². The smallest absolute Gasteiger partial charge is 0.292 e. The van der Waals surface area contributed by atoms with E-state index < -0.39 is 0 Å². The maximum atomic E-state index is 12.3. The number of aromatic amines is 1. The van der Waals surface area contributed by atoms with Gasteiger partial charge in [-0.2, -0.15) is 0 Å². The van der Waals surface area contributed by atoms with Crippen molar-refractivity contribution in [3.8, 4) is 5.75 Å². The first-order valence-electron chi connectivity index (χ1n) is 8.30. The van der Waals surface area contributed by atoms with Crippen LogP contribution in [0.25, 0.3) is 10.9 Å². The molecule has 0 saturated carbocycles. The molecule has 1 aliphatic heterocycles. The van der Waals surface area contributed by atoms with Gasteiger partial charge in [-0.05, 0) is 23.8 Å². The van der Waals surface area contributed by atoms with E-state index in [-0.39, 0.29) is 18.0 Å². The number of quaternary nitrogens is 1. The molecule has 0 radical (unpaired) electrons. The third-order valence-corrected chi connectivity index (χ3v) is 4.96. The van der Waals surface area contributed by atoms with Crippen LogP contribution in [-0.4, -0.2) is 24.0 Å². The molecule has 0 spiro atoms. The summed E-state index contributed by atoms with van der Waals surface area (Å²) in [5.41, 5.74) is 6.69. The lowest BCUT2D eigenvalue weighted by Crippen LogP contribution is -2.95. The summed E-state index contributed by atoms with van der Waals surface area (Å²) in [5.74, 6) is 6.04. The van der Waals surface area contributed by atoms with Crippen LogP contribution in [-0.2, 0) is 11.2 Å². The summed E-state index contributed by atoms with van der Waals surface area (Å²) in [4.78, 5) is 15.8. The number of hydrogen-bond acceptors (Lipinski definition) is 3. The van der Waals surface area contributed by atoms with Gasteiger partial charge < -0.3 is 15.0 Å². The monoisotopic (exact) mass is 337 g/mol. The Kier molecular flexibility index (Phi) is 3.91. The Hall–Kier alpha value is -2.83. The van der Waals surface area contributed by atoms with Gasteiger partial charge in [0.25, 0.3) is 5.91 Å². The van der Waals surface area contributed by atoms with Crippen LogP contribution in [0.15, 0.2) is 48.5 Å². The summed E-state index contributed by atoms with van der Waals surface area (Å²) in [6.45, 7) is 0. The fraction of sp³-hybridized carbons (Fsp3) is 0.211. The molecule has 1 aliphatic rings. The van der Waals surface area contributed by atoms with Crippen molar-refractivity contribution in [1.29, 1.82) is 0 Å². The Morgan fingerprint density at radius 1 is 1.24 bits per heavy atom. The maximum Gasteiger partial charge on any atom is 0.292 e. The zero-order valence-corrected chi connectivity index (χ0v) is 14.0. The first kappa shape index (κ1) is 15.7. The molecule has 2 heterocycles. The third-order valence-electron chi connectivity index (χ3n) is 4.96. The van der Waals surface area contributed by atoms with E-state index in [1.54, 1.807) is 7.11 Å². The number of nitrogens with one attached hydrogen (secondary N) is 2. The van der Waals surface area contributed by atoms with E-state index in [9.17, 15) is 4.79 Å². The number of methoxy groups -OCH3 is 1. The lowest BCUT2D eigenvalue weighted by molar-refractivity contribution is -0.711. The van der Waals surface area contributed by atoms with E-state index in [1.165, 1.54) is 5.56 Å². The van der Waals surface area contributed by atoms with Crippen molar-refractivity contribution in [1.82, 2.24) is 10.4 Å². The second kappa shape index (κ2) is 6.23. The molecule has 0 fully saturated rings. The summed E-state index contributed by atoms with van der Waals surface area (Å²) in [6.07, 6.45) is 0.633. The second-order valence-corrected chi connectivity index (χ2v) is 6.29. The van der Waals surface area contributed by atoms with Gasteiger partial charge in [-0.3, -0.25) is 10.2 Å². The number of aromatic nitrogens is 1. The molecule has 2 atom stereocenters. The highest BCUT2D eigenvalue weighted by Gasteiger charge is 2.38. The molecule has 0 bridgehead atoms. The van der Waals surface area contributed by atoms with Gasteiger partial charge in [0, 0.05) is 17.3 Å². The molecule has 1 aromatic heterocycles. The van der Waals surface area contributed by atoms with Crippen LogP contribution in [0.4, 0.5) is 0 Å². The van der Waals surface area contributed by atoms with E-state index in [4.69, 9.17) is 10.6 Å². The van der Waals surface area contributed by atoms with E-state index in [0.29, 0.717) is 6.42 Å². The molecule has 1 amide bonds. The number of hydrazine groups is 1. The molecule has 6 nitrogen and oxygen atoms in total. The topological polar surface area (TPSA) is 96.8 Å². The number of fused-ring (bicyclic) bond motifs is 3. The van der Waals surface area contributed by atoms with Crippen molar-refractivity contribution in [3.63, 3.8) is 0 Å². The number of para-hydroxylation sites is 2. The van der Waals surface area contributed by atoms with E-state index in [1.807, 2.05) is 36.4 Å². The molecule has 6 N–H and O–H groups in total. The van der Waals surface area contributed by atoms with E-state index >= 15 is 0 Å². The van der Waals surface area contributed by atoms with Crippen LogP contribution in [0.1, 0.15) is 22.9 Å². The Balaban J connectivity index is 1.90. The molecule has 3 aromatic rings. The lowest BCUT2D eigenvalue weighted by atomic mass is 9.89. The number of hydrogen-bond donors (Lipinski definition) is 4. The molecular formula is C19H21N4O2+. The molecule has 4 rings (SSSR count). The van der Waals surface area contributed by atoms with Crippen molar-refractivity contribution < 1.29 is 14.8 Å². The Morgan fingerprint density at radius 2 is 2.00 bits per heavy atom. The summed E-state index contributed by atoms with van der Waals surface area (Å²) in [6, 6.07) is 15.7. The van der Waals surface area contributed by atoms with Gasteiger partial charge in [0.05, 0.1) is 18.4 Å². The Labute approximate surface area is 145 Å². The molecular weight excluding hydrogens is 316 g/mol. The zero-order chi connectivity index (χ0) is 17.4. The van der Waals surface area contributed by atoms with Gasteiger partial charge in [0.1, 0.15) is 5.75 Å². The molecule has 128 valence electrons. The van der Waals surface area contributed by atoms with Crippen LogP contribution in [0.3, 0.4) is 0 Å². The Morgan fingerprint density at radius 3 is 2.80 bits per heavy atom. The van der Waals surface area contributed by atoms with Gasteiger partial charge in [-0.15, -0.1) is 0 Å². The predicted molar refractivity (Wildman–Crippen MR) is 94.9 cm³/mol. The number of H-pyrrole nitrogens is 1. The molecule has 2 aromatic carbocycles. The van der Waals surface area contributed by atoms with Crippen LogP contribution in [0.2, 0.25) is 0 Å². The number of carbonyl (C=O) groups is 1. The minimum atomic E-state index is -0.286. The minimum absolute atomic E-state index is 0.0606. The van der Waals surface area contributed by atoms with Gasteiger partial charge in [-0.1, -0.05) is 30.3 Å². The number of benzene rings is 2. The van der Waals surface area contributed by atoms with Crippen molar-refractivity contribution in [2.24, 2.45) is 5.84 Å². The minimum Gasteiger partial charge on any atom is -0.496 e.